The first-order chi connectivity index (χ1) is 11.0. The van der Waals surface area contributed by atoms with Crippen molar-refractivity contribution in [2.45, 2.75) is 24.9 Å². The lowest BCUT2D eigenvalue weighted by molar-refractivity contribution is -0.170. The van der Waals surface area contributed by atoms with Crippen LogP contribution in [0.4, 0.5) is 0 Å². The third-order valence-corrected chi connectivity index (χ3v) is 4.96. The Morgan fingerprint density at radius 2 is 2.09 bits per heavy atom. The highest BCUT2D eigenvalue weighted by Gasteiger charge is 2.41. The first kappa shape index (κ1) is 16.3. The van der Waals surface area contributed by atoms with Crippen LogP contribution in [0.15, 0.2) is 24.3 Å². The first-order valence-corrected chi connectivity index (χ1v) is 8.25. The molecule has 6 heteroatoms. The molecule has 2 saturated heterocycles. The van der Waals surface area contributed by atoms with E-state index in [1.54, 1.807) is 11.0 Å². The Labute approximate surface area is 141 Å². The monoisotopic (exact) mass is 336 g/mol. The number of likely N-dealkylation sites (N-methyl/N-ethyl adjacent to an activating group) is 1. The van der Waals surface area contributed by atoms with Gasteiger partial charge >= 0.3 is 0 Å². The summed E-state index contributed by atoms with van der Waals surface area (Å²) in [7, 11) is 1.81. The van der Waals surface area contributed by atoms with Gasteiger partial charge in [-0.25, -0.2) is 0 Å². The van der Waals surface area contributed by atoms with Gasteiger partial charge in [0.1, 0.15) is 6.61 Å². The number of amides is 2. The van der Waals surface area contributed by atoms with Gasteiger partial charge < -0.3 is 14.5 Å². The van der Waals surface area contributed by atoms with Crippen LogP contribution in [-0.4, -0.2) is 60.5 Å². The number of hydrogen-bond acceptors (Lipinski definition) is 3. The van der Waals surface area contributed by atoms with E-state index in [2.05, 4.69) is 0 Å². The number of nitrogens with zero attached hydrogens (tertiary/aromatic N) is 2. The molecule has 1 aromatic carbocycles. The maximum absolute atomic E-state index is 12.4. The van der Waals surface area contributed by atoms with E-state index in [1.165, 1.54) is 0 Å². The topological polar surface area (TPSA) is 49.9 Å². The van der Waals surface area contributed by atoms with Crippen LogP contribution in [0, 0.1) is 0 Å². The lowest BCUT2D eigenvalue weighted by atomic mass is 9.89. The van der Waals surface area contributed by atoms with Crippen LogP contribution in [0.2, 0.25) is 5.02 Å². The largest absolute Gasteiger partial charge is 0.363 e. The smallest absolute Gasteiger partial charge is 0.248 e. The number of likely N-dealkylation sites (tertiary alicyclic amines) is 1. The molecule has 2 aliphatic heterocycles. The maximum Gasteiger partial charge on any atom is 0.248 e. The molecular weight excluding hydrogens is 316 g/mol. The van der Waals surface area contributed by atoms with Crippen molar-refractivity contribution in [2.75, 3.05) is 33.3 Å². The standard InChI is InChI=1S/C17H21ClN2O3/c1-19-12-17(23-11-16(19)22)5-7-20(8-6-17)15(21)10-13-3-2-4-14(18)9-13/h2-4,9H,5-8,10-12H2,1H3. The summed E-state index contributed by atoms with van der Waals surface area (Å²) in [5.41, 5.74) is 0.650. The lowest BCUT2D eigenvalue weighted by Gasteiger charge is -2.46. The summed E-state index contributed by atoms with van der Waals surface area (Å²) in [6.45, 7) is 2.10. The molecule has 0 atom stereocenters. The number of ether oxygens (including phenoxy) is 1. The van der Waals surface area contributed by atoms with Crippen molar-refractivity contribution in [1.82, 2.24) is 9.80 Å². The fraction of sp³-hybridized carbons (Fsp3) is 0.529. The molecule has 2 fully saturated rings. The molecule has 2 heterocycles. The zero-order valence-corrected chi connectivity index (χ0v) is 14.0. The number of hydrogen-bond donors (Lipinski definition) is 0. The van der Waals surface area contributed by atoms with Gasteiger partial charge in [-0.3, -0.25) is 9.59 Å². The summed E-state index contributed by atoms with van der Waals surface area (Å²) in [4.78, 5) is 27.6. The lowest BCUT2D eigenvalue weighted by Crippen LogP contribution is -2.58. The predicted molar refractivity (Wildman–Crippen MR) is 87.3 cm³/mol. The quantitative estimate of drug-likeness (QED) is 0.826. The van der Waals surface area contributed by atoms with Crippen LogP contribution < -0.4 is 0 Å². The number of halogens is 1. The van der Waals surface area contributed by atoms with Gasteiger partial charge in [0, 0.05) is 31.7 Å². The van der Waals surface area contributed by atoms with E-state index in [9.17, 15) is 9.59 Å². The summed E-state index contributed by atoms with van der Waals surface area (Å²) in [6.07, 6.45) is 1.91. The second-order valence-electron chi connectivity index (χ2n) is 6.41. The number of piperidine rings is 1. The second-order valence-corrected chi connectivity index (χ2v) is 6.85. The van der Waals surface area contributed by atoms with Crippen LogP contribution in [0.1, 0.15) is 18.4 Å². The van der Waals surface area contributed by atoms with Crippen molar-refractivity contribution in [2.24, 2.45) is 0 Å². The van der Waals surface area contributed by atoms with E-state index in [1.807, 2.05) is 30.1 Å². The molecule has 2 amide bonds. The SMILES string of the molecule is CN1CC2(CCN(C(=O)Cc3cccc(Cl)c3)CC2)OCC1=O. The van der Waals surface area contributed by atoms with Crippen LogP contribution in [0.25, 0.3) is 0 Å². The van der Waals surface area contributed by atoms with Crippen molar-refractivity contribution in [3.05, 3.63) is 34.9 Å². The van der Waals surface area contributed by atoms with Crippen LogP contribution in [0.5, 0.6) is 0 Å². The van der Waals surface area contributed by atoms with E-state index in [-0.39, 0.29) is 24.0 Å². The third-order valence-electron chi connectivity index (χ3n) is 4.72. The number of benzene rings is 1. The average Bonchev–Trinajstić information content (AvgIpc) is 2.52. The Morgan fingerprint density at radius 3 is 2.74 bits per heavy atom. The molecule has 0 bridgehead atoms. The Hall–Kier alpha value is -1.59. The molecular formula is C17H21ClN2O3. The summed E-state index contributed by atoms with van der Waals surface area (Å²) in [6, 6.07) is 7.41. The molecule has 1 aromatic rings. The van der Waals surface area contributed by atoms with Gasteiger partial charge in [0.2, 0.25) is 11.8 Å². The maximum atomic E-state index is 12.4. The van der Waals surface area contributed by atoms with Gasteiger partial charge in [0.15, 0.2) is 0 Å². The van der Waals surface area contributed by atoms with E-state index in [4.69, 9.17) is 16.3 Å². The third kappa shape index (κ3) is 3.67. The first-order valence-electron chi connectivity index (χ1n) is 7.88. The predicted octanol–water partition coefficient (Wildman–Crippen LogP) is 1.73. The van der Waals surface area contributed by atoms with E-state index < -0.39 is 0 Å². The minimum atomic E-state index is -0.282. The zero-order chi connectivity index (χ0) is 16.4. The number of rotatable bonds is 2. The van der Waals surface area contributed by atoms with Gasteiger partial charge in [-0.05, 0) is 30.5 Å². The Kier molecular flexibility index (Phi) is 4.60. The van der Waals surface area contributed by atoms with Crippen LogP contribution in [0.3, 0.4) is 0 Å². The molecule has 0 aromatic heterocycles. The number of carbonyl (C=O) groups excluding carboxylic acids is 2. The molecule has 0 radical (unpaired) electrons. The van der Waals surface area contributed by atoms with Gasteiger partial charge in [0.25, 0.3) is 0 Å². The van der Waals surface area contributed by atoms with E-state index >= 15 is 0 Å². The number of carbonyl (C=O) groups is 2. The Balaban J connectivity index is 1.56. The fourth-order valence-corrected chi connectivity index (χ4v) is 3.50. The highest BCUT2D eigenvalue weighted by molar-refractivity contribution is 6.30. The zero-order valence-electron chi connectivity index (χ0n) is 13.3. The van der Waals surface area contributed by atoms with Crippen molar-refractivity contribution in [3.63, 3.8) is 0 Å². The minimum absolute atomic E-state index is 0.0232. The molecule has 3 rings (SSSR count). The Bertz CT molecular complexity index is 612. The summed E-state index contributed by atoms with van der Waals surface area (Å²) in [5.74, 6) is 0.137. The normalized spacial score (nSPS) is 20.9. The molecule has 1 spiro atoms. The molecule has 0 aliphatic carbocycles. The van der Waals surface area contributed by atoms with Gasteiger partial charge in [-0.15, -0.1) is 0 Å². The highest BCUT2D eigenvalue weighted by Crippen LogP contribution is 2.30. The average molecular weight is 337 g/mol. The van der Waals surface area contributed by atoms with Crippen molar-refractivity contribution in [1.29, 1.82) is 0 Å². The summed E-state index contributed by atoms with van der Waals surface area (Å²) < 4.78 is 5.80. The molecule has 23 heavy (non-hydrogen) atoms. The van der Waals surface area contributed by atoms with E-state index in [0.717, 1.165) is 18.4 Å². The van der Waals surface area contributed by atoms with Crippen LogP contribution in [-0.2, 0) is 20.7 Å². The van der Waals surface area contributed by atoms with Crippen molar-refractivity contribution in [3.8, 4) is 0 Å². The van der Waals surface area contributed by atoms with Crippen molar-refractivity contribution >= 4 is 23.4 Å². The second kappa shape index (κ2) is 6.49. The molecule has 2 aliphatic rings. The molecule has 0 saturated carbocycles. The molecule has 0 unspecified atom stereocenters. The minimum Gasteiger partial charge on any atom is -0.363 e. The molecule has 124 valence electrons. The fourth-order valence-electron chi connectivity index (χ4n) is 3.29. The van der Waals surface area contributed by atoms with Gasteiger partial charge in [0.05, 0.1) is 12.0 Å². The molecule has 5 nitrogen and oxygen atoms in total. The molecule has 0 N–H and O–H groups in total. The number of morpholine rings is 1. The van der Waals surface area contributed by atoms with E-state index in [0.29, 0.717) is 31.1 Å². The van der Waals surface area contributed by atoms with Crippen LogP contribution >= 0.6 is 11.6 Å². The van der Waals surface area contributed by atoms with Gasteiger partial charge in [-0.1, -0.05) is 23.7 Å². The summed E-state index contributed by atoms with van der Waals surface area (Å²) in [5, 5.41) is 0.649. The van der Waals surface area contributed by atoms with Crippen molar-refractivity contribution < 1.29 is 14.3 Å². The Morgan fingerprint density at radius 1 is 1.35 bits per heavy atom. The van der Waals surface area contributed by atoms with Gasteiger partial charge in [-0.2, -0.15) is 0 Å². The highest BCUT2D eigenvalue weighted by atomic mass is 35.5. The summed E-state index contributed by atoms with van der Waals surface area (Å²) >= 11 is 5.96.